The van der Waals surface area contributed by atoms with Gasteiger partial charge in [0.25, 0.3) is 0 Å². The van der Waals surface area contributed by atoms with E-state index in [1.807, 2.05) is 49.4 Å². The first kappa shape index (κ1) is 16.8. The van der Waals surface area contributed by atoms with Crippen molar-refractivity contribution in [2.24, 2.45) is 0 Å². The van der Waals surface area contributed by atoms with E-state index >= 15 is 0 Å². The molecule has 2 rings (SSSR count). The predicted octanol–water partition coefficient (Wildman–Crippen LogP) is 4.54. The largest absolute Gasteiger partial charge is 0.372 e. The highest BCUT2D eigenvalue weighted by molar-refractivity contribution is 6.31. The summed E-state index contributed by atoms with van der Waals surface area (Å²) in [6, 6.07) is 13.4. The van der Waals surface area contributed by atoms with Crippen molar-refractivity contribution >= 4 is 34.8 Å². The summed E-state index contributed by atoms with van der Waals surface area (Å²) < 4.78 is 5.71. The number of anilines is 1. The molecule has 2 aromatic rings. The SMILES string of the molecule is Cc1ccc(COCc2ccccc2Cl)c(NC(=O)CCl)c1. The van der Waals surface area contributed by atoms with E-state index in [9.17, 15) is 4.79 Å². The summed E-state index contributed by atoms with van der Waals surface area (Å²) >= 11 is 11.6. The van der Waals surface area contributed by atoms with Crippen molar-refractivity contribution in [1.29, 1.82) is 0 Å². The number of carbonyl (C=O) groups is 1. The first-order valence-corrected chi connectivity index (χ1v) is 7.78. The Morgan fingerprint density at radius 1 is 1.14 bits per heavy atom. The van der Waals surface area contributed by atoms with E-state index in [4.69, 9.17) is 27.9 Å². The van der Waals surface area contributed by atoms with Crippen LogP contribution in [0.1, 0.15) is 16.7 Å². The summed E-state index contributed by atoms with van der Waals surface area (Å²) in [6.45, 7) is 2.75. The average Bonchev–Trinajstić information content (AvgIpc) is 2.51. The molecule has 1 N–H and O–H groups in total. The summed E-state index contributed by atoms with van der Waals surface area (Å²) in [7, 11) is 0. The molecule has 3 nitrogen and oxygen atoms in total. The number of aryl methyl sites for hydroxylation is 1. The summed E-state index contributed by atoms with van der Waals surface area (Å²) in [6.07, 6.45) is 0. The minimum Gasteiger partial charge on any atom is -0.372 e. The molecule has 0 radical (unpaired) electrons. The third-order valence-electron chi connectivity index (χ3n) is 3.13. The van der Waals surface area contributed by atoms with Gasteiger partial charge >= 0.3 is 0 Å². The minimum absolute atomic E-state index is 0.0755. The van der Waals surface area contributed by atoms with Crippen LogP contribution in [0.3, 0.4) is 0 Å². The van der Waals surface area contributed by atoms with Crippen molar-refractivity contribution in [2.45, 2.75) is 20.1 Å². The van der Waals surface area contributed by atoms with Crippen molar-refractivity contribution in [3.05, 3.63) is 64.2 Å². The number of nitrogens with one attached hydrogen (secondary N) is 1. The van der Waals surface area contributed by atoms with Gasteiger partial charge in [0.1, 0.15) is 5.88 Å². The highest BCUT2D eigenvalue weighted by atomic mass is 35.5. The quantitative estimate of drug-likeness (QED) is 0.785. The van der Waals surface area contributed by atoms with Crippen LogP contribution < -0.4 is 5.32 Å². The lowest BCUT2D eigenvalue weighted by Gasteiger charge is -2.12. The van der Waals surface area contributed by atoms with Crippen LogP contribution >= 0.6 is 23.2 Å². The summed E-state index contributed by atoms with van der Waals surface area (Å²) in [5.41, 5.74) is 3.61. The molecule has 0 atom stereocenters. The number of benzene rings is 2. The second kappa shape index (κ2) is 8.18. The Morgan fingerprint density at radius 2 is 1.86 bits per heavy atom. The van der Waals surface area contributed by atoms with Gasteiger partial charge in [0.15, 0.2) is 0 Å². The van der Waals surface area contributed by atoms with Crippen molar-refractivity contribution in [1.82, 2.24) is 0 Å². The van der Waals surface area contributed by atoms with Crippen LogP contribution in [0.4, 0.5) is 5.69 Å². The standard InChI is InChI=1S/C17H17Cl2NO2/c1-12-6-7-14(16(8-12)20-17(21)9-18)11-22-10-13-4-2-3-5-15(13)19/h2-8H,9-11H2,1H3,(H,20,21). The summed E-state index contributed by atoms with van der Waals surface area (Å²) in [5, 5.41) is 3.47. The average molecular weight is 338 g/mol. The fraction of sp³-hybridized carbons (Fsp3) is 0.235. The number of ether oxygens (including phenoxy) is 1. The topological polar surface area (TPSA) is 38.3 Å². The smallest absolute Gasteiger partial charge is 0.239 e. The summed E-state index contributed by atoms with van der Waals surface area (Å²) in [5.74, 6) is -0.312. The van der Waals surface area contributed by atoms with Crippen LogP contribution in [-0.2, 0) is 22.7 Å². The molecule has 0 aliphatic rings. The van der Waals surface area contributed by atoms with Gasteiger partial charge in [-0.25, -0.2) is 0 Å². The molecule has 116 valence electrons. The van der Waals surface area contributed by atoms with Gasteiger partial charge in [0.05, 0.1) is 13.2 Å². The van der Waals surface area contributed by atoms with E-state index in [1.54, 1.807) is 0 Å². The molecule has 0 aliphatic carbocycles. The Bertz CT molecular complexity index is 659. The van der Waals surface area contributed by atoms with E-state index < -0.39 is 0 Å². The van der Waals surface area contributed by atoms with Gasteiger partial charge in [-0.2, -0.15) is 0 Å². The lowest BCUT2D eigenvalue weighted by molar-refractivity contribution is -0.113. The van der Waals surface area contributed by atoms with Crippen molar-refractivity contribution in [2.75, 3.05) is 11.2 Å². The number of amides is 1. The van der Waals surface area contributed by atoms with Gasteiger partial charge in [0, 0.05) is 16.3 Å². The number of carbonyl (C=O) groups excluding carboxylic acids is 1. The lowest BCUT2D eigenvalue weighted by Crippen LogP contribution is -2.14. The highest BCUT2D eigenvalue weighted by Gasteiger charge is 2.07. The highest BCUT2D eigenvalue weighted by Crippen LogP contribution is 2.21. The first-order chi connectivity index (χ1) is 10.6. The minimum atomic E-state index is -0.236. The van der Waals surface area contributed by atoms with Crippen LogP contribution in [0.15, 0.2) is 42.5 Å². The molecule has 0 saturated carbocycles. The molecule has 1 amide bonds. The fourth-order valence-electron chi connectivity index (χ4n) is 2.00. The molecule has 0 aromatic heterocycles. The number of rotatable bonds is 6. The van der Waals surface area contributed by atoms with E-state index in [0.29, 0.717) is 18.2 Å². The zero-order valence-corrected chi connectivity index (χ0v) is 13.7. The maximum atomic E-state index is 11.5. The molecule has 22 heavy (non-hydrogen) atoms. The third kappa shape index (κ3) is 4.73. The second-order valence-corrected chi connectivity index (χ2v) is 5.60. The number of hydrogen-bond donors (Lipinski definition) is 1. The van der Waals surface area contributed by atoms with Crippen LogP contribution in [0.2, 0.25) is 5.02 Å². The second-order valence-electron chi connectivity index (χ2n) is 4.93. The molecule has 0 bridgehead atoms. The Morgan fingerprint density at radius 3 is 2.59 bits per heavy atom. The zero-order chi connectivity index (χ0) is 15.9. The van der Waals surface area contributed by atoms with Gasteiger partial charge in [-0.15, -0.1) is 11.6 Å². The lowest BCUT2D eigenvalue weighted by atomic mass is 10.1. The molecule has 0 fully saturated rings. The Kier molecular flexibility index (Phi) is 6.25. The van der Waals surface area contributed by atoms with E-state index in [-0.39, 0.29) is 11.8 Å². The normalized spacial score (nSPS) is 10.5. The van der Waals surface area contributed by atoms with E-state index in [1.165, 1.54) is 0 Å². The molecule has 0 unspecified atom stereocenters. The van der Waals surface area contributed by atoms with Gasteiger partial charge in [-0.1, -0.05) is 41.9 Å². The number of hydrogen-bond acceptors (Lipinski definition) is 2. The molecular weight excluding hydrogens is 321 g/mol. The van der Waals surface area contributed by atoms with Crippen LogP contribution in [0.25, 0.3) is 0 Å². The molecule has 0 saturated heterocycles. The van der Waals surface area contributed by atoms with Gasteiger partial charge < -0.3 is 10.1 Å². The van der Waals surface area contributed by atoms with Crippen molar-refractivity contribution in [3.63, 3.8) is 0 Å². The summed E-state index contributed by atoms with van der Waals surface area (Å²) in [4.78, 5) is 11.5. The fourth-order valence-corrected chi connectivity index (χ4v) is 2.26. The Labute approximate surface area is 140 Å². The predicted molar refractivity (Wildman–Crippen MR) is 90.5 cm³/mol. The molecule has 0 spiro atoms. The maximum absolute atomic E-state index is 11.5. The maximum Gasteiger partial charge on any atom is 0.239 e. The van der Waals surface area contributed by atoms with Crippen molar-refractivity contribution < 1.29 is 9.53 Å². The monoisotopic (exact) mass is 337 g/mol. The van der Waals surface area contributed by atoms with Crippen LogP contribution in [0.5, 0.6) is 0 Å². The Balaban J connectivity index is 2.03. The van der Waals surface area contributed by atoms with Crippen LogP contribution in [-0.4, -0.2) is 11.8 Å². The van der Waals surface area contributed by atoms with Gasteiger partial charge in [0.2, 0.25) is 5.91 Å². The Hall–Kier alpha value is -1.55. The van der Waals surface area contributed by atoms with E-state index in [2.05, 4.69) is 5.32 Å². The van der Waals surface area contributed by atoms with Crippen LogP contribution in [0, 0.1) is 6.92 Å². The third-order valence-corrected chi connectivity index (χ3v) is 3.75. The number of alkyl halides is 1. The van der Waals surface area contributed by atoms with E-state index in [0.717, 1.165) is 22.4 Å². The molecule has 0 heterocycles. The van der Waals surface area contributed by atoms with Crippen molar-refractivity contribution in [3.8, 4) is 0 Å². The zero-order valence-electron chi connectivity index (χ0n) is 12.2. The first-order valence-electron chi connectivity index (χ1n) is 6.86. The number of halogens is 2. The molecule has 5 heteroatoms. The molecular formula is C17H17Cl2NO2. The molecule has 0 aliphatic heterocycles. The molecule has 2 aromatic carbocycles. The van der Waals surface area contributed by atoms with Gasteiger partial charge in [-0.05, 0) is 30.2 Å². The van der Waals surface area contributed by atoms with Gasteiger partial charge in [-0.3, -0.25) is 4.79 Å².